The van der Waals surface area contributed by atoms with Crippen molar-refractivity contribution < 1.29 is 14.8 Å². The van der Waals surface area contributed by atoms with E-state index < -0.39 is 11.4 Å². The number of carboxylic acid groups (broad SMARTS) is 1. The molecule has 68 valence electrons. The van der Waals surface area contributed by atoms with Gasteiger partial charge in [0.15, 0.2) is 0 Å². The summed E-state index contributed by atoms with van der Waals surface area (Å²) in [5.74, 6) is -1.01. The van der Waals surface area contributed by atoms with E-state index in [0.717, 1.165) is 0 Å². The van der Waals surface area contributed by atoms with Crippen LogP contribution >= 0.6 is 0 Å². The summed E-state index contributed by atoms with van der Waals surface area (Å²) in [4.78, 5) is 11.3. The van der Waals surface area contributed by atoms with Crippen molar-refractivity contribution in [3.05, 3.63) is 0 Å². The van der Waals surface area contributed by atoms with Gasteiger partial charge in [0.25, 0.3) is 0 Å². The number of carbonyl (C=O) groups excluding carboxylic acids is 1. The minimum Gasteiger partial charge on any atom is -0.550 e. The number of quaternary nitrogens is 1. The van der Waals surface area contributed by atoms with E-state index in [1.807, 2.05) is 0 Å². The van der Waals surface area contributed by atoms with Crippen molar-refractivity contribution in [1.29, 1.82) is 0 Å². The van der Waals surface area contributed by atoms with Crippen molar-refractivity contribution in [3.63, 3.8) is 0 Å². The first-order chi connectivity index (χ1) is 4.68. The maximum absolute atomic E-state index is 9.91. The summed E-state index contributed by atoms with van der Waals surface area (Å²) >= 11 is 0. The number of rotatable bonds is 0. The van der Waals surface area contributed by atoms with E-state index in [9.17, 15) is 9.90 Å². The summed E-state index contributed by atoms with van der Waals surface area (Å²) in [5, 5.41) is 9.91. The molecule has 0 aromatic heterocycles. The minimum atomic E-state index is -1.01. The van der Waals surface area contributed by atoms with Crippen molar-refractivity contribution in [2.45, 2.75) is 20.8 Å². The smallest absolute Gasteiger partial charge is 0.0661 e. The Bertz CT molecular complexity index is 111. The number of hydrogen-bond donors (Lipinski definition) is 1. The van der Waals surface area contributed by atoms with Crippen LogP contribution in [-0.4, -0.2) is 27.1 Å². The second kappa shape index (κ2) is 5.13. The lowest BCUT2D eigenvalue weighted by Crippen LogP contribution is -3.02. The Kier molecular flexibility index (Phi) is 6.09. The molecule has 11 heavy (non-hydrogen) atoms. The topological polar surface area (TPSA) is 44.6 Å². The number of aliphatic carboxylic acids is 1. The molecule has 0 atom stereocenters. The molecule has 0 aliphatic rings. The standard InChI is InChI=1S/C5H10O2.C3H9N/c1-5(2,3)4(6)7;1-4(2)3/h1-3H3,(H,6,7);1-3H3. The van der Waals surface area contributed by atoms with Gasteiger partial charge in [0.2, 0.25) is 0 Å². The van der Waals surface area contributed by atoms with Gasteiger partial charge in [0, 0.05) is 11.4 Å². The number of hydrogen-bond acceptors (Lipinski definition) is 2. The van der Waals surface area contributed by atoms with Crippen LogP contribution < -0.4 is 10.0 Å². The predicted octanol–water partition coefficient (Wildman–Crippen LogP) is -1.46. The van der Waals surface area contributed by atoms with Crippen molar-refractivity contribution >= 4 is 5.97 Å². The van der Waals surface area contributed by atoms with E-state index in [-0.39, 0.29) is 0 Å². The van der Waals surface area contributed by atoms with Gasteiger partial charge in [-0.15, -0.1) is 0 Å². The first-order valence-electron chi connectivity index (χ1n) is 3.66. The Morgan fingerprint density at radius 2 is 1.27 bits per heavy atom. The molecule has 0 saturated carbocycles. The third-order valence-electron chi connectivity index (χ3n) is 0.612. The molecule has 0 aromatic rings. The molecule has 0 heterocycles. The molecule has 0 bridgehead atoms. The quantitative estimate of drug-likeness (QED) is 0.472. The maximum Gasteiger partial charge on any atom is 0.0661 e. The van der Waals surface area contributed by atoms with E-state index in [4.69, 9.17) is 0 Å². The molecule has 0 amide bonds. The van der Waals surface area contributed by atoms with Crippen LogP contribution in [-0.2, 0) is 4.79 Å². The third-order valence-corrected chi connectivity index (χ3v) is 0.612. The summed E-state index contributed by atoms with van der Waals surface area (Å²) < 4.78 is 0. The first-order valence-corrected chi connectivity index (χ1v) is 3.66. The number of carboxylic acids is 1. The Morgan fingerprint density at radius 1 is 1.18 bits per heavy atom. The summed E-state index contributed by atoms with van der Waals surface area (Å²) in [6.07, 6.45) is 0. The third kappa shape index (κ3) is 17.7. The highest BCUT2D eigenvalue weighted by molar-refractivity contribution is 5.70. The van der Waals surface area contributed by atoms with Gasteiger partial charge >= 0.3 is 0 Å². The molecule has 1 N–H and O–H groups in total. The summed E-state index contributed by atoms with van der Waals surface area (Å²) in [6.45, 7) is 4.80. The number of carbonyl (C=O) groups is 1. The van der Waals surface area contributed by atoms with Gasteiger partial charge in [-0.1, -0.05) is 20.8 Å². The predicted molar refractivity (Wildman–Crippen MR) is 43.2 cm³/mol. The Morgan fingerprint density at radius 3 is 1.27 bits per heavy atom. The van der Waals surface area contributed by atoms with Crippen molar-refractivity contribution in [2.24, 2.45) is 5.41 Å². The van der Waals surface area contributed by atoms with Crippen LogP contribution in [0.3, 0.4) is 0 Å². The second-order valence-corrected chi connectivity index (χ2v) is 4.04. The number of nitrogens with one attached hydrogen (secondary N) is 1. The van der Waals surface area contributed by atoms with Crippen LogP contribution in [0.1, 0.15) is 20.8 Å². The molecule has 0 unspecified atom stereocenters. The zero-order chi connectivity index (χ0) is 9.65. The van der Waals surface area contributed by atoms with Crippen molar-refractivity contribution in [1.82, 2.24) is 0 Å². The van der Waals surface area contributed by atoms with Crippen molar-refractivity contribution in [3.8, 4) is 0 Å². The van der Waals surface area contributed by atoms with Gasteiger partial charge in [-0.05, 0) is 0 Å². The summed E-state index contributed by atoms with van der Waals surface area (Å²) in [6, 6.07) is 0. The first kappa shape index (κ1) is 13.1. The van der Waals surface area contributed by atoms with Crippen LogP contribution in [0.25, 0.3) is 0 Å². The van der Waals surface area contributed by atoms with Crippen LogP contribution in [0, 0.1) is 5.41 Å². The molecule has 0 rings (SSSR count). The van der Waals surface area contributed by atoms with E-state index >= 15 is 0 Å². The highest BCUT2D eigenvalue weighted by Crippen LogP contribution is 2.09. The van der Waals surface area contributed by atoms with E-state index in [1.54, 1.807) is 20.8 Å². The van der Waals surface area contributed by atoms with Gasteiger partial charge in [0.05, 0.1) is 21.1 Å². The van der Waals surface area contributed by atoms with E-state index in [0.29, 0.717) is 0 Å². The molecule has 0 saturated heterocycles. The molecular formula is C8H19NO2. The van der Waals surface area contributed by atoms with Crippen molar-refractivity contribution in [2.75, 3.05) is 21.1 Å². The van der Waals surface area contributed by atoms with Gasteiger partial charge in [-0.2, -0.15) is 0 Å². The van der Waals surface area contributed by atoms with Gasteiger partial charge in [-0.3, -0.25) is 0 Å². The lowest BCUT2D eigenvalue weighted by molar-refractivity contribution is -0.836. The summed E-state index contributed by atoms with van der Waals surface area (Å²) in [5.41, 5.74) is -0.694. The fourth-order valence-corrected chi connectivity index (χ4v) is 0. The molecule has 0 spiro atoms. The van der Waals surface area contributed by atoms with E-state index in [1.165, 1.54) is 4.90 Å². The fraction of sp³-hybridized carbons (Fsp3) is 0.875. The summed E-state index contributed by atoms with van der Waals surface area (Å²) in [7, 11) is 6.25. The average molecular weight is 161 g/mol. The molecule has 3 heteroatoms. The molecule has 0 fully saturated rings. The largest absolute Gasteiger partial charge is 0.550 e. The molecule has 3 nitrogen and oxygen atoms in total. The SMILES string of the molecule is CC(C)(C)C(=O)[O-].C[NH+](C)C. The highest BCUT2D eigenvalue weighted by Gasteiger charge is 2.09. The van der Waals surface area contributed by atoms with Crippen LogP contribution in [0.4, 0.5) is 0 Å². The van der Waals surface area contributed by atoms with Crippen LogP contribution in [0.15, 0.2) is 0 Å². The van der Waals surface area contributed by atoms with E-state index in [2.05, 4.69) is 21.1 Å². The normalized spacial score (nSPS) is 10.5. The maximum atomic E-state index is 9.91. The lowest BCUT2D eigenvalue weighted by Gasteiger charge is -2.18. The Balaban J connectivity index is 0. The zero-order valence-corrected chi connectivity index (χ0v) is 8.32. The zero-order valence-electron chi connectivity index (χ0n) is 8.32. The molecule has 0 aliphatic heterocycles. The van der Waals surface area contributed by atoms with Crippen LogP contribution in [0.5, 0.6) is 0 Å². The molecule has 0 aliphatic carbocycles. The molecule has 0 aromatic carbocycles. The van der Waals surface area contributed by atoms with Gasteiger partial charge in [0.1, 0.15) is 0 Å². The monoisotopic (exact) mass is 161 g/mol. The van der Waals surface area contributed by atoms with Gasteiger partial charge < -0.3 is 14.8 Å². The minimum absolute atomic E-state index is 0.694. The molecular weight excluding hydrogens is 142 g/mol. The second-order valence-electron chi connectivity index (χ2n) is 4.04. The highest BCUT2D eigenvalue weighted by atomic mass is 16.4. The Hall–Kier alpha value is -0.570. The van der Waals surface area contributed by atoms with Crippen LogP contribution in [0.2, 0.25) is 0 Å². The lowest BCUT2D eigenvalue weighted by atomic mass is 9.98. The van der Waals surface area contributed by atoms with Gasteiger partial charge in [-0.25, -0.2) is 0 Å². The fourth-order valence-electron chi connectivity index (χ4n) is 0. The average Bonchev–Trinajstić information content (AvgIpc) is 1.59. The molecule has 0 radical (unpaired) electrons. The Labute approximate surface area is 69.0 Å².